The average molecular weight is 559 g/mol. The molecule has 4 rings (SSSR count). The van der Waals surface area contributed by atoms with E-state index in [1.54, 1.807) is 0 Å². The van der Waals surface area contributed by atoms with E-state index < -0.39 is 41.5 Å². The molecule has 0 bridgehead atoms. The van der Waals surface area contributed by atoms with Crippen molar-refractivity contribution in [2.24, 2.45) is 17.8 Å². The fourth-order valence-electron chi connectivity index (χ4n) is 6.20. The lowest BCUT2D eigenvalue weighted by Gasteiger charge is -2.35. The SMILES string of the molecule is CC(C)C1(C(=O)NCc2cc(C(F)(F)F)cc(C(F)(F)F)c2)CC(C2CCC(c3ccc(F)cc3)CC2)CN1. The molecule has 1 saturated heterocycles. The molecule has 1 aliphatic heterocycles. The molecule has 2 aromatic carbocycles. The Kier molecular flexibility index (Phi) is 8.36. The minimum Gasteiger partial charge on any atom is -0.350 e. The molecule has 2 fully saturated rings. The molecule has 1 heterocycles. The normalized spacial score (nSPS) is 26.2. The summed E-state index contributed by atoms with van der Waals surface area (Å²) in [4.78, 5) is 13.4. The zero-order valence-electron chi connectivity index (χ0n) is 21.9. The van der Waals surface area contributed by atoms with Crippen LogP contribution in [0.25, 0.3) is 0 Å². The van der Waals surface area contributed by atoms with Crippen molar-refractivity contribution < 1.29 is 35.5 Å². The monoisotopic (exact) mass is 558 g/mol. The number of carbonyl (C=O) groups excluding carboxylic acids is 1. The second-order valence-corrected chi connectivity index (χ2v) is 11.2. The summed E-state index contributed by atoms with van der Waals surface area (Å²) in [7, 11) is 0. The molecule has 2 N–H and O–H groups in total. The van der Waals surface area contributed by atoms with Gasteiger partial charge in [-0.25, -0.2) is 4.39 Å². The van der Waals surface area contributed by atoms with E-state index in [2.05, 4.69) is 10.6 Å². The molecule has 214 valence electrons. The lowest BCUT2D eigenvalue weighted by molar-refractivity contribution is -0.143. The summed E-state index contributed by atoms with van der Waals surface area (Å²) in [6, 6.07) is 7.96. The first-order chi connectivity index (χ1) is 18.2. The summed E-state index contributed by atoms with van der Waals surface area (Å²) < 4.78 is 92.6. The highest BCUT2D eigenvalue weighted by atomic mass is 19.4. The average Bonchev–Trinajstić information content (AvgIpc) is 3.34. The lowest BCUT2D eigenvalue weighted by Crippen LogP contribution is -2.56. The molecule has 2 aromatic rings. The second-order valence-electron chi connectivity index (χ2n) is 11.2. The van der Waals surface area contributed by atoms with E-state index in [-0.39, 0.29) is 29.3 Å². The van der Waals surface area contributed by atoms with Crippen molar-refractivity contribution in [3.05, 3.63) is 70.5 Å². The summed E-state index contributed by atoms with van der Waals surface area (Å²) in [5.74, 6) is 0.138. The maximum absolute atomic E-state index is 13.4. The zero-order chi connectivity index (χ0) is 28.6. The molecule has 2 aliphatic rings. The highest BCUT2D eigenvalue weighted by molar-refractivity contribution is 5.87. The van der Waals surface area contributed by atoms with Crippen LogP contribution in [0.15, 0.2) is 42.5 Å². The van der Waals surface area contributed by atoms with E-state index in [9.17, 15) is 35.5 Å². The summed E-state index contributed by atoms with van der Waals surface area (Å²) in [5, 5.41) is 5.97. The van der Waals surface area contributed by atoms with Crippen LogP contribution in [0.1, 0.15) is 74.1 Å². The van der Waals surface area contributed by atoms with Crippen molar-refractivity contribution in [1.29, 1.82) is 0 Å². The number of hydrogen-bond acceptors (Lipinski definition) is 2. The third kappa shape index (κ3) is 6.58. The van der Waals surface area contributed by atoms with Crippen molar-refractivity contribution >= 4 is 5.91 Å². The van der Waals surface area contributed by atoms with Gasteiger partial charge in [-0.15, -0.1) is 0 Å². The first-order valence-corrected chi connectivity index (χ1v) is 13.3. The molecule has 39 heavy (non-hydrogen) atoms. The topological polar surface area (TPSA) is 41.1 Å². The van der Waals surface area contributed by atoms with Crippen LogP contribution in [0.5, 0.6) is 0 Å². The fraction of sp³-hybridized carbons (Fsp3) is 0.552. The van der Waals surface area contributed by atoms with Crippen molar-refractivity contribution in [2.75, 3.05) is 6.54 Å². The molecule has 0 radical (unpaired) electrons. The Hall–Kier alpha value is -2.62. The van der Waals surface area contributed by atoms with Crippen LogP contribution in [-0.2, 0) is 23.7 Å². The van der Waals surface area contributed by atoms with Gasteiger partial charge >= 0.3 is 12.4 Å². The first kappa shape index (κ1) is 29.4. The molecular weight excluding hydrogens is 525 g/mol. The molecule has 2 atom stereocenters. The first-order valence-electron chi connectivity index (χ1n) is 13.3. The van der Waals surface area contributed by atoms with Gasteiger partial charge in [-0.2, -0.15) is 26.3 Å². The minimum atomic E-state index is -4.95. The Bertz CT molecular complexity index is 1120. The van der Waals surface area contributed by atoms with Gasteiger partial charge in [-0.1, -0.05) is 26.0 Å². The van der Waals surface area contributed by atoms with Crippen LogP contribution in [0.2, 0.25) is 0 Å². The summed E-state index contributed by atoms with van der Waals surface area (Å²) in [6.45, 7) is 3.92. The molecule has 3 nitrogen and oxygen atoms in total. The van der Waals surface area contributed by atoms with Gasteiger partial charge in [0.1, 0.15) is 11.4 Å². The van der Waals surface area contributed by atoms with E-state index in [4.69, 9.17) is 0 Å². The van der Waals surface area contributed by atoms with E-state index >= 15 is 0 Å². The van der Waals surface area contributed by atoms with Crippen LogP contribution in [0.4, 0.5) is 30.7 Å². The number of amides is 1. The number of benzene rings is 2. The molecule has 1 aliphatic carbocycles. The molecule has 1 saturated carbocycles. The molecule has 0 aromatic heterocycles. The Morgan fingerprint density at radius 2 is 1.49 bits per heavy atom. The van der Waals surface area contributed by atoms with Crippen molar-refractivity contribution in [2.45, 2.75) is 76.3 Å². The standard InChI is InChI=1S/C29H33F7N2O/c1-17(2)27(26(39)37-15-18-11-23(28(31,32)33)13-24(12-18)29(34,35)36)14-22(16-38-27)21-5-3-19(4-6-21)20-7-9-25(30)10-8-20/h7-13,17,19,21-22,38H,3-6,14-16H2,1-2H3,(H,37,39). The van der Waals surface area contributed by atoms with Crippen LogP contribution < -0.4 is 10.6 Å². The van der Waals surface area contributed by atoms with Crippen molar-refractivity contribution in [3.8, 4) is 0 Å². The Morgan fingerprint density at radius 1 is 0.923 bits per heavy atom. The third-order valence-corrected chi connectivity index (χ3v) is 8.54. The van der Waals surface area contributed by atoms with Crippen LogP contribution >= 0.6 is 0 Å². The number of carbonyl (C=O) groups is 1. The van der Waals surface area contributed by atoms with Crippen LogP contribution in [0.3, 0.4) is 0 Å². The highest BCUT2D eigenvalue weighted by Crippen LogP contribution is 2.44. The molecule has 1 amide bonds. The predicted octanol–water partition coefficient (Wildman–Crippen LogP) is 7.46. The van der Waals surface area contributed by atoms with E-state index in [0.717, 1.165) is 31.2 Å². The summed E-state index contributed by atoms with van der Waals surface area (Å²) >= 11 is 0. The fourth-order valence-corrected chi connectivity index (χ4v) is 6.20. The Labute approximate surface area is 223 Å². The van der Waals surface area contributed by atoms with Crippen LogP contribution in [0, 0.1) is 23.6 Å². The van der Waals surface area contributed by atoms with Crippen molar-refractivity contribution in [1.82, 2.24) is 10.6 Å². The van der Waals surface area contributed by atoms with Gasteiger partial charge in [-0.3, -0.25) is 4.79 Å². The third-order valence-electron chi connectivity index (χ3n) is 8.54. The van der Waals surface area contributed by atoms with Gasteiger partial charge in [-0.05, 0) is 104 Å². The number of halogens is 7. The number of hydrogen-bond donors (Lipinski definition) is 2. The van der Waals surface area contributed by atoms with Gasteiger partial charge in [0.15, 0.2) is 0 Å². The maximum Gasteiger partial charge on any atom is 0.416 e. The molecule has 0 spiro atoms. The number of rotatable bonds is 6. The van der Waals surface area contributed by atoms with Crippen molar-refractivity contribution in [3.63, 3.8) is 0 Å². The lowest BCUT2D eigenvalue weighted by atomic mass is 9.71. The van der Waals surface area contributed by atoms with E-state index in [1.807, 2.05) is 26.0 Å². The quantitative estimate of drug-likeness (QED) is 0.362. The van der Waals surface area contributed by atoms with Gasteiger partial charge in [0.2, 0.25) is 5.91 Å². The van der Waals surface area contributed by atoms with Crippen LogP contribution in [-0.4, -0.2) is 18.0 Å². The molecule has 10 heteroatoms. The number of nitrogens with one attached hydrogen (secondary N) is 2. The minimum absolute atomic E-state index is 0.0782. The number of alkyl halides is 6. The van der Waals surface area contributed by atoms with Gasteiger partial charge in [0.05, 0.1) is 11.1 Å². The second kappa shape index (κ2) is 11.1. The zero-order valence-corrected chi connectivity index (χ0v) is 21.9. The Morgan fingerprint density at radius 3 is 2.00 bits per heavy atom. The Balaban J connectivity index is 1.41. The smallest absolute Gasteiger partial charge is 0.350 e. The van der Waals surface area contributed by atoms with Gasteiger partial charge in [0, 0.05) is 6.54 Å². The molecule has 2 unspecified atom stereocenters. The van der Waals surface area contributed by atoms with E-state index in [0.29, 0.717) is 36.9 Å². The maximum atomic E-state index is 13.4. The predicted molar refractivity (Wildman–Crippen MR) is 133 cm³/mol. The summed E-state index contributed by atoms with van der Waals surface area (Å²) in [5.41, 5.74) is -2.92. The highest BCUT2D eigenvalue weighted by Gasteiger charge is 2.49. The largest absolute Gasteiger partial charge is 0.416 e. The molecular formula is C29H33F7N2O. The van der Waals surface area contributed by atoms with E-state index in [1.165, 1.54) is 12.1 Å². The van der Waals surface area contributed by atoms with Gasteiger partial charge < -0.3 is 10.6 Å². The van der Waals surface area contributed by atoms with Gasteiger partial charge in [0.25, 0.3) is 0 Å². The summed E-state index contributed by atoms with van der Waals surface area (Å²) in [6.07, 6.45) is -5.50.